The van der Waals surface area contributed by atoms with E-state index in [0.717, 1.165) is 51.3 Å². The predicted molar refractivity (Wildman–Crippen MR) is 101 cm³/mol. The van der Waals surface area contributed by atoms with E-state index >= 15 is 0 Å². The average molecular weight is 378 g/mol. The van der Waals surface area contributed by atoms with E-state index in [2.05, 4.69) is 15.2 Å². The highest BCUT2D eigenvalue weighted by molar-refractivity contribution is 5.74. The van der Waals surface area contributed by atoms with Gasteiger partial charge in [-0.1, -0.05) is 6.07 Å². The predicted octanol–water partition coefficient (Wildman–Crippen LogP) is 1.11. The second-order valence-corrected chi connectivity index (χ2v) is 6.93. The van der Waals surface area contributed by atoms with Crippen LogP contribution in [-0.2, 0) is 16.0 Å². The number of amides is 2. The second kappa shape index (κ2) is 10.4. The Balaban J connectivity index is 1.34. The van der Waals surface area contributed by atoms with E-state index in [1.165, 1.54) is 6.42 Å². The van der Waals surface area contributed by atoms with Gasteiger partial charge in [0, 0.05) is 65.2 Å². The molecule has 0 aliphatic carbocycles. The SMILES string of the molecule is COCCOc1ccc(CNC(=O)N2CCN(CC3CCCO3)CC2)cn1. The Morgan fingerprint density at radius 1 is 1.30 bits per heavy atom. The number of nitrogens with one attached hydrogen (secondary N) is 1. The normalized spacial score (nSPS) is 20.6. The molecular formula is C19H30N4O4. The zero-order valence-corrected chi connectivity index (χ0v) is 16.1. The Bertz CT molecular complexity index is 570. The highest BCUT2D eigenvalue weighted by atomic mass is 16.5. The molecule has 0 bridgehead atoms. The maximum Gasteiger partial charge on any atom is 0.317 e. The summed E-state index contributed by atoms with van der Waals surface area (Å²) in [6.07, 6.45) is 4.43. The molecule has 3 rings (SSSR count). The first-order valence-corrected chi connectivity index (χ1v) is 9.68. The van der Waals surface area contributed by atoms with Crippen LogP contribution in [0.1, 0.15) is 18.4 Å². The fraction of sp³-hybridized carbons (Fsp3) is 0.684. The van der Waals surface area contributed by atoms with Gasteiger partial charge in [0.2, 0.25) is 5.88 Å². The van der Waals surface area contributed by atoms with E-state index in [1.54, 1.807) is 19.4 Å². The van der Waals surface area contributed by atoms with Crippen LogP contribution >= 0.6 is 0 Å². The van der Waals surface area contributed by atoms with Gasteiger partial charge in [0.25, 0.3) is 0 Å². The molecule has 2 fully saturated rings. The molecule has 0 saturated carbocycles. The number of methoxy groups -OCH3 is 1. The molecule has 3 heterocycles. The molecule has 1 aromatic rings. The second-order valence-electron chi connectivity index (χ2n) is 6.93. The van der Waals surface area contributed by atoms with E-state index < -0.39 is 0 Å². The number of carbonyl (C=O) groups is 1. The molecule has 0 spiro atoms. The van der Waals surface area contributed by atoms with E-state index in [4.69, 9.17) is 14.2 Å². The van der Waals surface area contributed by atoms with Gasteiger partial charge < -0.3 is 24.4 Å². The Kier molecular flexibility index (Phi) is 7.67. The van der Waals surface area contributed by atoms with Gasteiger partial charge >= 0.3 is 6.03 Å². The van der Waals surface area contributed by atoms with Crippen molar-refractivity contribution in [2.24, 2.45) is 0 Å². The molecule has 2 amide bonds. The number of aromatic nitrogens is 1. The Hall–Kier alpha value is -1.90. The lowest BCUT2D eigenvalue weighted by Crippen LogP contribution is -2.52. The highest BCUT2D eigenvalue weighted by Crippen LogP contribution is 2.14. The van der Waals surface area contributed by atoms with Crippen LogP contribution < -0.4 is 10.1 Å². The summed E-state index contributed by atoms with van der Waals surface area (Å²) in [4.78, 5) is 20.9. The molecule has 2 aliphatic rings. The molecule has 2 saturated heterocycles. The minimum atomic E-state index is -0.0211. The lowest BCUT2D eigenvalue weighted by Gasteiger charge is -2.35. The van der Waals surface area contributed by atoms with Crippen molar-refractivity contribution in [3.05, 3.63) is 23.9 Å². The molecule has 0 aromatic carbocycles. The smallest absolute Gasteiger partial charge is 0.317 e. The molecule has 8 heteroatoms. The van der Waals surface area contributed by atoms with Crippen LogP contribution in [0.15, 0.2) is 18.3 Å². The van der Waals surface area contributed by atoms with Gasteiger partial charge in [0.15, 0.2) is 0 Å². The number of pyridine rings is 1. The molecule has 150 valence electrons. The van der Waals surface area contributed by atoms with Crippen molar-refractivity contribution in [1.82, 2.24) is 20.1 Å². The van der Waals surface area contributed by atoms with Crippen molar-refractivity contribution in [2.75, 3.05) is 59.7 Å². The first kappa shape index (κ1) is 19.9. The van der Waals surface area contributed by atoms with E-state index in [1.807, 2.05) is 11.0 Å². The zero-order valence-electron chi connectivity index (χ0n) is 16.1. The van der Waals surface area contributed by atoms with Gasteiger partial charge in [-0.25, -0.2) is 9.78 Å². The molecule has 8 nitrogen and oxygen atoms in total. The average Bonchev–Trinajstić information content (AvgIpc) is 3.21. The standard InChI is InChI=1S/C19H30N4O4/c1-25-11-12-27-18-5-4-16(13-20-18)14-21-19(24)23-8-6-22(7-9-23)15-17-3-2-10-26-17/h4-5,13,17H,2-3,6-12,14-15H2,1H3,(H,21,24). The number of rotatable bonds is 8. The van der Waals surface area contributed by atoms with Crippen LogP contribution in [0, 0.1) is 0 Å². The summed E-state index contributed by atoms with van der Waals surface area (Å²) in [5.74, 6) is 0.560. The number of urea groups is 1. The summed E-state index contributed by atoms with van der Waals surface area (Å²) in [5.41, 5.74) is 0.944. The number of ether oxygens (including phenoxy) is 3. The molecule has 0 radical (unpaired) electrons. The summed E-state index contributed by atoms with van der Waals surface area (Å²) >= 11 is 0. The fourth-order valence-corrected chi connectivity index (χ4v) is 3.33. The third-order valence-electron chi connectivity index (χ3n) is 4.92. The monoisotopic (exact) mass is 378 g/mol. The first-order chi connectivity index (χ1) is 13.2. The van der Waals surface area contributed by atoms with E-state index in [0.29, 0.717) is 31.7 Å². The third kappa shape index (κ3) is 6.34. The summed E-state index contributed by atoms with van der Waals surface area (Å²) in [5, 5.41) is 2.97. The third-order valence-corrected chi connectivity index (χ3v) is 4.92. The van der Waals surface area contributed by atoms with Crippen molar-refractivity contribution in [3.63, 3.8) is 0 Å². The van der Waals surface area contributed by atoms with Gasteiger partial charge in [-0.2, -0.15) is 0 Å². The van der Waals surface area contributed by atoms with Crippen LogP contribution in [0.2, 0.25) is 0 Å². The lowest BCUT2D eigenvalue weighted by molar-refractivity contribution is 0.0561. The van der Waals surface area contributed by atoms with Crippen LogP contribution in [0.5, 0.6) is 5.88 Å². The van der Waals surface area contributed by atoms with Crippen molar-refractivity contribution in [3.8, 4) is 5.88 Å². The summed E-state index contributed by atoms with van der Waals surface area (Å²) in [7, 11) is 1.63. The molecule has 27 heavy (non-hydrogen) atoms. The lowest BCUT2D eigenvalue weighted by atomic mass is 10.2. The quantitative estimate of drug-likeness (QED) is 0.683. The van der Waals surface area contributed by atoms with Crippen molar-refractivity contribution in [2.45, 2.75) is 25.5 Å². The number of carbonyl (C=O) groups excluding carboxylic acids is 1. The Labute approximate surface area is 160 Å². The maximum atomic E-state index is 12.4. The van der Waals surface area contributed by atoms with Crippen molar-refractivity contribution < 1.29 is 19.0 Å². The van der Waals surface area contributed by atoms with Gasteiger partial charge in [-0.05, 0) is 18.4 Å². The fourth-order valence-electron chi connectivity index (χ4n) is 3.33. The van der Waals surface area contributed by atoms with Crippen LogP contribution in [-0.4, -0.2) is 86.6 Å². The topological polar surface area (TPSA) is 76.2 Å². The van der Waals surface area contributed by atoms with Gasteiger partial charge in [0.1, 0.15) is 6.61 Å². The van der Waals surface area contributed by atoms with Crippen molar-refractivity contribution in [1.29, 1.82) is 0 Å². The Morgan fingerprint density at radius 2 is 2.15 bits per heavy atom. The molecule has 2 aliphatic heterocycles. The van der Waals surface area contributed by atoms with Crippen molar-refractivity contribution >= 4 is 6.03 Å². The molecule has 1 aromatic heterocycles. The number of hydrogen-bond acceptors (Lipinski definition) is 6. The summed E-state index contributed by atoms with van der Waals surface area (Å²) in [6, 6.07) is 3.70. The summed E-state index contributed by atoms with van der Waals surface area (Å²) in [6.45, 7) is 6.65. The summed E-state index contributed by atoms with van der Waals surface area (Å²) < 4.78 is 16.1. The molecule has 1 unspecified atom stereocenters. The van der Waals surface area contributed by atoms with Gasteiger partial charge in [-0.15, -0.1) is 0 Å². The van der Waals surface area contributed by atoms with Gasteiger partial charge in [-0.3, -0.25) is 4.90 Å². The number of piperazine rings is 1. The van der Waals surface area contributed by atoms with E-state index in [9.17, 15) is 4.79 Å². The first-order valence-electron chi connectivity index (χ1n) is 9.68. The largest absolute Gasteiger partial charge is 0.475 e. The van der Waals surface area contributed by atoms with Crippen LogP contribution in [0.25, 0.3) is 0 Å². The van der Waals surface area contributed by atoms with Gasteiger partial charge in [0.05, 0.1) is 12.7 Å². The Morgan fingerprint density at radius 3 is 2.81 bits per heavy atom. The maximum absolute atomic E-state index is 12.4. The number of nitrogens with zero attached hydrogens (tertiary/aromatic N) is 3. The van der Waals surface area contributed by atoms with E-state index in [-0.39, 0.29) is 6.03 Å². The minimum Gasteiger partial charge on any atom is -0.475 e. The zero-order chi connectivity index (χ0) is 18.9. The minimum absolute atomic E-state index is 0.0211. The molecule has 1 N–H and O–H groups in total. The van der Waals surface area contributed by atoms with Crippen LogP contribution in [0.4, 0.5) is 4.79 Å². The number of hydrogen-bond donors (Lipinski definition) is 1. The van der Waals surface area contributed by atoms with Crippen LogP contribution in [0.3, 0.4) is 0 Å². The highest BCUT2D eigenvalue weighted by Gasteiger charge is 2.24. The molecule has 1 atom stereocenters. The molecular weight excluding hydrogens is 348 g/mol.